The second kappa shape index (κ2) is 13.6. The summed E-state index contributed by atoms with van der Waals surface area (Å²) in [5, 5.41) is 8.21. The molecule has 0 aliphatic rings. The molecule has 3 atom stereocenters. The summed E-state index contributed by atoms with van der Waals surface area (Å²) in [4.78, 5) is 41.8. The number of nitrogens with zero attached hydrogens (tertiary/aromatic N) is 1. The average molecular weight is 500 g/mol. The summed E-state index contributed by atoms with van der Waals surface area (Å²) in [5.41, 5.74) is -0.531. The molecule has 0 aliphatic heterocycles. The third kappa shape index (κ3) is 9.97. The lowest BCUT2D eigenvalue weighted by molar-refractivity contribution is -0.154. The van der Waals surface area contributed by atoms with Crippen LogP contribution in [0.2, 0.25) is 0 Å². The third-order valence-corrected chi connectivity index (χ3v) is 5.91. The van der Waals surface area contributed by atoms with Crippen LogP contribution in [0, 0.1) is 11.8 Å². The molecule has 34 heavy (non-hydrogen) atoms. The molecule has 194 valence electrons. The second-order valence-corrected chi connectivity index (χ2v) is 10.8. The van der Waals surface area contributed by atoms with Gasteiger partial charge in [0, 0.05) is 17.8 Å². The number of hydrogen-bond donors (Lipinski definition) is 2. The van der Waals surface area contributed by atoms with Crippen molar-refractivity contribution in [2.75, 3.05) is 13.7 Å². The predicted octanol–water partition coefficient (Wildman–Crippen LogP) is 4.48. The summed E-state index contributed by atoms with van der Waals surface area (Å²) in [6, 6.07) is -0.849. The zero-order valence-corrected chi connectivity index (χ0v) is 22.7. The van der Waals surface area contributed by atoms with Crippen LogP contribution >= 0.6 is 11.3 Å². The molecule has 1 rings (SSSR count). The SMILES string of the molecule is CCCN[C@H](C[C@@H](OC(=O)[C@@H](NC(=O)OC(C)(C)C)C(C)C)c1nc(C(=O)OC)cs1)C(C)C. The van der Waals surface area contributed by atoms with Gasteiger partial charge in [-0.2, -0.15) is 0 Å². The topological polar surface area (TPSA) is 116 Å². The summed E-state index contributed by atoms with van der Waals surface area (Å²) < 4.78 is 16.0. The lowest BCUT2D eigenvalue weighted by atomic mass is 9.97. The minimum absolute atomic E-state index is 0.0551. The number of aromatic nitrogens is 1. The van der Waals surface area contributed by atoms with Crippen molar-refractivity contribution in [1.82, 2.24) is 15.6 Å². The van der Waals surface area contributed by atoms with E-state index < -0.39 is 35.8 Å². The molecule has 0 saturated carbocycles. The Labute approximate surface area is 207 Å². The Morgan fingerprint density at radius 3 is 2.26 bits per heavy atom. The van der Waals surface area contributed by atoms with Crippen LogP contribution in [0.1, 0.15) is 89.8 Å². The van der Waals surface area contributed by atoms with E-state index in [9.17, 15) is 14.4 Å². The van der Waals surface area contributed by atoms with Crippen molar-refractivity contribution < 1.29 is 28.6 Å². The maximum absolute atomic E-state index is 13.2. The maximum atomic E-state index is 13.2. The largest absolute Gasteiger partial charge is 0.464 e. The van der Waals surface area contributed by atoms with Gasteiger partial charge >= 0.3 is 18.0 Å². The van der Waals surface area contributed by atoms with Crippen LogP contribution < -0.4 is 10.6 Å². The van der Waals surface area contributed by atoms with Gasteiger partial charge in [-0.3, -0.25) is 0 Å². The Balaban J connectivity index is 3.16. The van der Waals surface area contributed by atoms with Crippen molar-refractivity contribution in [3.8, 4) is 0 Å². The highest BCUT2D eigenvalue weighted by molar-refractivity contribution is 7.09. The number of carbonyl (C=O) groups excluding carboxylic acids is 3. The Hall–Kier alpha value is -2.20. The smallest absolute Gasteiger partial charge is 0.408 e. The number of hydrogen-bond acceptors (Lipinski definition) is 9. The molecular formula is C24H41N3O6S. The Morgan fingerprint density at radius 1 is 1.12 bits per heavy atom. The van der Waals surface area contributed by atoms with Gasteiger partial charge in [0.05, 0.1) is 7.11 Å². The number of amides is 1. The average Bonchev–Trinajstić information content (AvgIpc) is 3.21. The molecule has 1 aromatic rings. The molecule has 0 bridgehead atoms. The van der Waals surface area contributed by atoms with Crippen molar-refractivity contribution in [3.05, 3.63) is 16.1 Å². The quantitative estimate of drug-likeness (QED) is 0.319. The zero-order valence-electron chi connectivity index (χ0n) is 21.9. The molecule has 2 N–H and O–H groups in total. The van der Waals surface area contributed by atoms with Gasteiger partial charge in [-0.05, 0) is 45.6 Å². The van der Waals surface area contributed by atoms with E-state index >= 15 is 0 Å². The predicted molar refractivity (Wildman–Crippen MR) is 132 cm³/mol. The van der Waals surface area contributed by atoms with Crippen LogP contribution in [0.15, 0.2) is 5.38 Å². The van der Waals surface area contributed by atoms with E-state index in [4.69, 9.17) is 14.2 Å². The van der Waals surface area contributed by atoms with Gasteiger partial charge in [-0.15, -0.1) is 11.3 Å². The fourth-order valence-corrected chi connectivity index (χ4v) is 3.96. The number of carbonyl (C=O) groups is 3. The normalized spacial score (nSPS) is 14.4. The van der Waals surface area contributed by atoms with Crippen LogP contribution in [0.4, 0.5) is 4.79 Å². The third-order valence-electron chi connectivity index (χ3n) is 4.97. The highest BCUT2D eigenvalue weighted by atomic mass is 32.1. The van der Waals surface area contributed by atoms with Crippen LogP contribution in [-0.2, 0) is 19.0 Å². The van der Waals surface area contributed by atoms with E-state index in [0.29, 0.717) is 11.4 Å². The summed E-state index contributed by atoms with van der Waals surface area (Å²) in [6.45, 7) is 16.0. The van der Waals surface area contributed by atoms with Crippen LogP contribution in [0.25, 0.3) is 0 Å². The molecule has 0 aromatic carbocycles. The van der Waals surface area contributed by atoms with Gasteiger partial charge < -0.3 is 24.8 Å². The van der Waals surface area contributed by atoms with E-state index in [1.54, 1.807) is 26.2 Å². The van der Waals surface area contributed by atoms with Crippen molar-refractivity contribution in [1.29, 1.82) is 0 Å². The van der Waals surface area contributed by atoms with Gasteiger partial charge in [0.2, 0.25) is 0 Å². The molecule has 0 spiro atoms. The lowest BCUT2D eigenvalue weighted by Crippen LogP contribution is -2.47. The molecule has 1 heterocycles. The van der Waals surface area contributed by atoms with E-state index in [2.05, 4.69) is 36.4 Å². The van der Waals surface area contributed by atoms with E-state index in [-0.39, 0.29) is 23.6 Å². The first kappa shape index (κ1) is 29.8. The van der Waals surface area contributed by atoms with Crippen LogP contribution in [0.5, 0.6) is 0 Å². The molecule has 1 aromatic heterocycles. The van der Waals surface area contributed by atoms with Crippen LogP contribution in [0.3, 0.4) is 0 Å². The summed E-state index contributed by atoms with van der Waals surface area (Å²) in [5.74, 6) is -1.10. The number of ether oxygens (including phenoxy) is 3. The number of nitrogens with one attached hydrogen (secondary N) is 2. The number of esters is 2. The second-order valence-electron chi connectivity index (χ2n) is 9.90. The summed E-state index contributed by atoms with van der Waals surface area (Å²) >= 11 is 1.23. The van der Waals surface area contributed by atoms with Gasteiger partial charge in [-0.1, -0.05) is 34.6 Å². The molecule has 0 radical (unpaired) electrons. The Morgan fingerprint density at radius 2 is 1.76 bits per heavy atom. The Kier molecular flexibility index (Phi) is 12.0. The number of thiazole rings is 1. The molecule has 10 heteroatoms. The first-order chi connectivity index (χ1) is 15.8. The number of alkyl carbamates (subject to hydrolysis) is 1. The van der Waals surface area contributed by atoms with Gasteiger partial charge in [-0.25, -0.2) is 19.4 Å². The van der Waals surface area contributed by atoms with Gasteiger partial charge in [0.25, 0.3) is 0 Å². The standard InChI is InChI=1S/C24H41N3O6S/c1-10-11-25-16(14(2)3)12-18(20-26-17(13-34-20)21(28)31-9)32-22(29)19(15(4)5)27-23(30)33-24(6,7)8/h13-16,18-19,25H,10-12H2,1-9H3,(H,27,30)/t16-,18-,19+/m1/s1. The summed E-state index contributed by atoms with van der Waals surface area (Å²) in [7, 11) is 1.29. The van der Waals surface area contributed by atoms with Gasteiger partial charge in [0.1, 0.15) is 16.7 Å². The van der Waals surface area contributed by atoms with E-state index in [1.807, 2.05) is 13.8 Å². The molecule has 0 unspecified atom stereocenters. The molecular weight excluding hydrogens is 458 g/mol. The maximum Gasteiger partial charge on any atom is 0.408 e. The van der Waals surface area contributed by atoms with Crippen molar-refractivity contribution in [3.63, 3.8) is 0 Å². The first-order valence-corrected chi connectivity index (χ1v) is 12.6. The van der Waals surface area contributed by atoms with E-state index in [0.717, 1.165) is 13.0 Å². The highest BCUT2D eigenvalue weighted by Crippen LogP contribution is 2.29. The highest BCUT2D eigenvalue weighted by Gasteiger charge is 2.33. The van der Waals surface area contributed by atoms with Crippen molar-refractivity contribution in [2.45, 2.75) is 92.0 Å². The molecule has 0 fully saturated rings. The number of methoxy groups -OCH3 is 1. The zero-order chi connectivity index (χ0) is 26.1. The monoisotopic (exact) mass is 499 g/mol. The molecule has 9 nitrogen and oxygen atoms in total. The minimum Gasteiger partial charge on any atom is -0.464 e. The van der Waals surface area contributed by atoms with Gasteiger partial charge in [0.15, 0.2) is 11.8 Å². The van der Waals surface area contributed by atoms with Crippen molar-refractivity contribution >= 4 is 29.4 Å². The van der Waals surface area contributed by atoms with E-state index in [1.165, 1.54) is 18.4 Å². The fourth-order valence-electron chi connectivity index (χ4n) is 3.13. The molecule has 0 saturated heterocycles. The van der Waals surface area contributed by atoms with Crippen molar-refractivity contribution in [2.24, 2.45) is 11.8 Å². The number of rotatable bonds is 12. The minimum atomic E-state index is -0.904. The lowest BCUT2D eigenvalue weighted by Gasteiger charge is -2.29. The van der Waals surface area contributed by atoms with Crippen LogP contribution in [-0.4, -0.2) is 54.4 Å². The first-order valence-electron chi connectivity index (χ1n) is 11.8. The summed E-state index contributed by atoms with van der Waals surface area (Å²) in [6.07, 6.45) is 0.0440. The molecule has 0 aliphatic carbocycles. The Bertz CT molecular complexity index is 803. The fraction of sp³-hybridized carbons (Fsp3) is 0.750. The molecule has 1 amide bonds.